The largest absolute Gasteiger partial charge is 0.420 e. The molecule has 2 aliphatic rings. The first-order valence-electron chi connectivity index (χ1n) is 8.89. The normalized spacial score (nSPS) is 18.3. The number of esters is 1. The molecular weight excluding hydrogens is 455 g/mol. The van der Waals surface area contributed by atoms with Gasteiger partial charge in [-0.1, -0.05) is 34.8 Å². The second-order valence-corrected chi connectivity index (χ2v) is 8.11. The van der Waals surface area contributed by atoms with E-state index in [-0.39, 0.29) is 52.6 Å². The molecule has 2 aliphatic heterocycles. The van der Waals surface area contributed by atoms with Crippen LogP contribution in [0, 0.1) is 0 Å². The highest BCUT2D eigenvalue weighted by atomic mass is 35.5. The molecule has 7 nitrogen and oxygen atoms in total. The van der Waals surface area contributed by atoms with Gasteiger partial charge in [-0.05, 0) is 42.3 Å². The van der Waals surface area contributed by atoms with E-state index in [4.69, 9.17) is 39.5 Å². The molecule has 1 fully saturated rings. The lowest BCUT2D eigenvalue weighted by Gasteiger charge is -2.29. The zero-order valence-corrected chi connectivity index (χ0v) is 17.5. The van der Waals surface area contributed by atoms with Gasteiger partial charge in [-0.25, -0.2) is 4.79 Å². The number of hydrogen-bond acceptors (Lipinski definition) is 5. The lowest BCUT2D eigenvalue weighted by Crippen LogP contribution is -2.52. The van der Waals surface area contributed by atoms with Crippen molar-refractivity contribution in [2.45, 2.75) is 25.4 Å². The molecule has 30 heavy (non-hydrogen) atoms. The van der Waals surface area contributed by atoms with Gasteiger partial charge >= 0.3 is 5.97 Å². The minimum Gasteiger partial charge on any atom is -0.420 e. The molecule has 0 radical (unpaired) electrons. The smallest absolute Gasteiger partial charge is 0.343 e. The van der Waals surface area contributed by atoms with Gasteiger partial charge in [0.1, 0.15) is 6.04 Å². The molecular formula is C20H13Cl3N2O5. The highest BCUT2D eigenvalue weighted by molar-refractivity contribution is 6.40. The minimum atomic E-state index is -0.732. The van der Waals surface area contributed by atoms with Crippen molar-refractivity contribution >= 4 is 58.5 Å². The van der Waals surface area contributed by atoms with E-state index in [1.807, 2.05) is 0 Å². The highest BCUT2D eigenvalue weighted by Gasteiger charge is 2.39. The number of nitrogens with one attached hydrogen (secondary N) is 1. The van der Waals surface area contributed by atoms with Crippen molar-refractivity contribution in [3.8, 4) is 5.75 Å². The number of imide groups is 1. The predicted octanol–water partition coefficient (Wildman–Crippen LogP) is 3.63. The monoisotopic (exact) mass is 466 g/mol. The quantitative estimate of drug-likeness (QED) is 0.423. The van der Waals surface area contributed by atoms with E-state index in [1.54, 1.807) is 0 Å². The lowest BCUT2D eigenvalue weighted by atomic mass is 10.0. The number of rotatable bonds is 3. The zero-order chi connectivity index (χ0) is 21.6. The summed E-state index contributed by atoms with van der Waals surface area (Å²) >= 11 is 18.0. The van der Waals surface area contributed by atoms with Crippen molar-refractivity contribution in [1.82, 2.24) is 10.2 Å². The fourth-order valence-corrected chi connectivity index (χ4v) is 4.37. The van der Waals surface area contributed by atoms with Crippen molar-refractivity contribution in [2.24, 2.45) is 0 Å². The third-order valence-electron chi connectivity index (χ3n) is 4.92. The second-order valence-electron chi connectivity index (χ2n) is 6.86. The Labute approximate surface area is 185 Å². The second kappa shape index (κ2) is 7.91. The van der Waals surface area contributed by atoms with E-state index < -0.39 is 17.9 Å². The fraction of sp³-hybridized carbons (Fsp3) is 0.200. The van der Waals surface area contributed by atoms with Crippen LogP contribution in [0.1, 0.15) is 39.1 Å². The molecule has 0 bridgehead atoms. The Bertz CT molecular complexity index is 1090. The average molecular weight is 468 g/mol. The number of hydrogen-bond donors (Lipinski definition) is 1. The highest BCUT2D eigenvalue weighted by Crippen LogP contribution is 2.36. The van der Waals surface area contributed by atoms with Gasteiger partial charge in [0.25, 0.3) is 5.91 Å². The molecule has 2 aromatic carbocycles. The molecule has 0 saturated carbocycles. The average Bonchev–Trinajstić information content (AvgIpc) is 3.00. The first-order chi connectivity index (χ1) is 14.2. The number of piperidine rings is 1. The van der Waals surface area contributed by atoms with Crippen molar-refractivity contribution < 1.29 is 23.9 Å². The van der Waals surface area contributed by atoms with Crippen molar-refractivity contribution in [1.29, 1.82) is 0 Å². The van der Waals surface area contributed by atoms with Gasteiger partial charge < -0.3 is 9.64 Å². The maximum atomic E-state index is 12.7. The summed E-state index contributed by atoms with van der Waals surface area (Å²) in [6, 6.07) is 6.55. The molecule has 2 heterocycles. The molecule has 0 spiro atoms. The van der Waals surface area contributed by atoms with E-state index in [0.717, 1.165) is 0 Å². The minimum absolute atomic E-state index is 0.0190. The van der Waals surface area contributed by atoms with Gasteiger partial charge in [-0.2, -0.15) is 0 Å². The fourth-order valence-electron chi connectivity index (χ4n) is 3.48. The van der Waals surface area contributed by atoms with Crippen LogP contribution in [-0.4, -0.2) is 34.6 Å². The van der Waals surface area contributed by atoms with Crippen LogP contribution in [0.5, 0.6) is 5.75 Å². The number of fused-ring (bicyclic) bond motifs is 1. The maximum absolute atomic E-state index is 12.7. The molecule has 4 rings (SSSR count). The van der Waals surface area contributed by atoms with E-state index in [1.165, 1.54) is 35.2 Å². The molecule has 0 aromatic heterocycles. The van der Waals surface area contributed by atoms with E-state index in [0.29, 0.717) is 16.1 Å². The van der Waals surface area contributed by atoms with E-state index in [9.17, 15) is 19.2 Å². The Kier molecular flexibility index (Phi) is 5.44. The summed E-state index contributed by atoms with van der Waals surface area (Å²) in [6.45, 7) is 0.143. The molecule has 1 N–H and O–H groups in total. The standard InChI is InChI=1S/C20H13Cl3N2O5/c21-11-6-13(22)17(14(23)7-11)30-20(29)9-1-2-12-10(5-9)8-25(19(12)28)15-3-4-16(26)24-18(15)27/h1-2,5-7,15H,3-4,8H2,(H,24,26,27). The van der Waals surface area contributed by atoms with Crippen LogP contribution in [0.4, 0.5) is 0 Å². The van der Waals surface area contributed by atoms with E-state index in [2.05, 4.69) is 5.32 Å². The number of carbonyl (C=O) groups excluding carboxylic acids is 4. The first-order valence-corrected chi connectivity index (χ1v) is 10.0. The molecule has 1 unspecified atom stereocenters. The number of nitrogens with zero attached hydrogens (tertiary/aromatic N) is 1. The van der Waals surface area contributed by atoms with E-state index >= 15 is 0 Å². The molecule has 1 saturated heterocycles. The van der Waals surface area contributed by atoms with Crippen LogP contribution in [0.15, 0.2) is 30.3 Å². The van der Waals surface area contributed by atoms with Crippen LogP contribution in [-0.2, 0) is 16.1 Å². The summed E-state index contributed by atoms with van der Waals surface area (Å²) < 4.78 is 5.31. The van der Waals surface area contributed by atoms with Crippen molar-refractivity contribution in [3.05, 3.63) is 62.1 Å². The summed E-state index contributed by atoms with van der Waals surface area (Å²) in [4.78, 5) is 50.2. The van der Waals surface area contributed by atoms with Gasteiger partial charge in [0.2, 0.25) is 11.8 Å². The molecule has 2 aromatic rings. The third kappa shape index (κ3) is 3.76. The number of ether oxygens (including phenoxy) is 1. The van der Waals surface area contributed by atoms with Gasteiger partial charge in [-0.15, -0.1) is 0 Å². The van der Waals surface area contributed by atoms with Crippen molar-refractivity contribution in [2.75, 3.05) is 0 Å². The summed E-state index contributed by atoms with van der Waals surface area (Å²) in [7, 11) is 0. The molecule has 10 heteroatoms. The number of carbonyl (C=O) groups is 4. The maximum Gasteiger partial charge on any atom is 0.343 e. The lowest BCUT2D eigenvalue weighted by molar-refractivity contribution is -0.136. The predicted molar refractivity (Wildman–Crippen MR) is 109 cm³/mol. The molecule has 3 amide bonds. The Morgan fingerprint density at radius 3 is 2.43 bits per heavy atom. The summed E-state index contributed by atoms with van der Waals surface area (Å²) in [5, 5.41) is 2.71. The Morgan fingerprint density at radius 1 is 1.07 bits per heavy atom. The SMILES string of the molecule is O=C1CCC(N2Cc3cc(C(=O)Oc4c(Cl)cc(Cl)cc4Cl)ccc3C2=O)C(=O)N1. The topological polar surface area (TPSA) is 92.8 Å². The van der Waals surface area contributed by atoms with Gasteiger partial charge in [-0.3, -0.25) is 19.7 Å². The summed E-state index contributed by atoms with van der Waals surface area (Å²) in [5.41, 5.74) is 1.15. The number of halogens is 3. The van der Waals surface area contributed by atoms with Crippen LogP contribution < -0.4 is 10.1 Å². The first kappa shape index (κ1) is 20.7. The molecule has 154 valence electrons. The molecule has 0 aliphatic carbocycles. The van der Waals surface area contributed by atoms with Gasteiger partial charge in [0.15, 0.2) is 5.75 Å². The zero-order valence-electron chi connectivity index (χ0n) is 15.2. The molecule has 1 atom stereocenters. The Morgan fingerprint density at radius 2 is 1.77 bits per heavy atom. The van der Waals surface area contributed by atoms with Gasteiger partial charge in [0.05, 0.1) is 15.6 Å². The Hall–Kier alpha value is -2.61. The number of benzene rings is 2. The van der Waals surface area contributed by atoms with Crippen LogP contribution >= 0.6 is 34.8 Å². The summed E-state index contributed by atoms with van der Waals surface area (Å²) in [6.07, 6.45) is 0.420. The van der Waals surface area contributed by atoms with Crippen molar-refractivity contribution in [3.63, 3.8) is 0 Å². The van der Waals surface area contributed by atoms with Crippen LogP contribution in [0.25, 0.3) is 0 Å². The Balaban J connectivity index is 1.55. The number of amides is 3. The van der Waals surface area contributed by atoms with Gasteiger partial charge in [0, 0.05) is 23.6 Å². The van der Waals surface area contributed by atoms with Crippen LogP contribution in [0.3, 0.4) is 0 Å². The summed E-state index contributed by atoms with van der Waals surface area (Å²) in [5.74, 6) is -1.92. The third-order valence-corrected chi connectivity index (χ3v) is 5.70. The van der Waals surface area contributed by atoms with Crippen LogP contribution in [0.2, 0.25) is 15.1 Å².